The van der Waals surface area contributed by atoms with Crippen molar-refractivity contribution in [2.75, 3.05) is 0 Å². The monoisotopic (exact) mass is 278 g/mol. The fourth-order valence-corrected chi connectivity index (χ4v) is 4.48. The lowest BCUT2D eigenvalue weighted by Crippen LogP contribution is -2.30. The van der Waals surface area contributed by atoms with Crippen LogP contribution in [0, 0.1) is 23.7 Å². The molecule has 2 aliphatic rings. The minimum absolute atomic E-state index is 0.422. The highest BCUT2D eigenvalue weighted by molar-refractivity contribution is 5.83. The number of hydrogen-bond donors (Lipinski definition) is 0. The van der Waals surface area contributed by atoms with Gasteiger partial charge in [0.05, 0.1) is 0 Å². The Morgan fingerprint density at radius 2 is 1.65 bits per heavy atom. The maximum absolute atomic E-state index is 12.7. The lowest BCUT2D eigenvalue weighted by Gasteiger charge is -2.33. The van der Waals surface area contributed by atoms with Gasteiger partial charge in [0, 0.05) is 11.8 Å². The summed E-state index contributed by atoms with van der Waals surface area (Å²) in [7, 11) is 0. The quantitative estimate of drug-likeness (QED) is 0.603. The van der Waals surface area contributed by atoms with Crippen LogP contribution in [0.5, 0.6) is 0 Å². The van der Waals surface area contributed by atoms with Gasteiger partial charge in [-0.3, -0.25) is 4.79 Å². The molecule has 0 heterocycles. The zero-order valence-electron chi connectivity index (χ0n) is 13.7. The van der Waals surface area contributed by atoms with Gasteiger partial charge < -0.3 is 0 Å². The van der Waals surface area contributed by atoms with E-state index >= 15 is 0 Å². The van der Waals surface area contributed by atoms with Crippen LogP contribution in [0.1, 0.15) is 90.9 Å². The predicted molar refractivity (Wildman–Crippen MR) is 85.7 cm³/mol. The van der Waals surface area contributed by atoms with Crippen molar-refractivity contribution in [1.82, 2.24) is 0 Å². The van der Waals surface area contributed by atoms with Crippen molar-refractivity contribution in [2.45, 2.75) is 90.9 Å². The molecule has 1 heteroatoms. The van der Waals surface area contributed by atoms with Gasteiger partial charge in [-0.05, 0) is 50.4 Å². The minimum Gasteiger partial charge on any atom is -0.299 e. The second-order valence-corrected chi connectivity index (χ2v) is 7.40. The molecule has 2 aliphatic carbocycles. The van der Waals surface area contributed by atoms with Gasteiger partial charge in [-0.1, -0.05) is 52.4 Å². The summed E-state index contributed by atoms with van der Waals surface area (Å²) in [6.07, 6.45) is 15.4. The molecule has 20 heavy (non-hydrogen) atoms. The van der Waals surface area contributed by atoms with E-state index in [1.807, 2.05) is 0 Å². The highest BCUT2D eigenvalue weighted by Crippen LogP contribution is 2.38. The van der Waals surface area contributed by atoms with E-state index in [-0.39, 0.29) is 0 Å². The van der Waals surface area contributed by atoms with Crippen molar-refractivity contribution < 1.29 is 4.79 Å². The number of Topliss-reactive ketones (excluding diaryl/α,β-unsaturated/α-hetero) is 1. The number of carbonyl (C=O) groups is 1. The first-order chi connectivity index (χ1) is 9.74. The van der Waals surface area contributed by atoms with Gasteiger partial charge in [0.2, 0.25) is 0 Å². The number of hydrogen-bond acceptors (Lipinski definition) is 1. The highest BCUT2D eigenvalue weighted by atomic mass is 16.1. The molecule has 2 fully saturated rings. The fourth-order valence-electron chi connectivity index (χ4n) is 4.48. The molecule has 0 aromatic heterocycles. The summed E-state index contributed by atoms with van der Waals surface area (Å²) < 4.78 is 0. The molecule has 0 radical (unpaired) electrons. The van der Waals surface area contributed by atoms with Crippen LogP contribution < -0.4 is 0 Å². The van der Waals surface area contributed by atoms with Crippen LogP contribution in [0.4, 0.5) is 0 Å². The Bertz CT molecular complexity index is 288. The largest absolute Gasteiger partial charge is 0.299 e. The van der Waals surface area contributed by atoms with E-state index in [1.54, 1.807) is 0 Å². The van der Waals surface area contributed by atoms with Gasteiger partial charge in [-0.2, -0.15) is 0 Å². The Morgan fingerprint density at radius 3 is 2.30 bits per heavy atom. The van der Waals surface area contributed by atoms with Crippen molar-refractivity contribution in [2.24, 2.45) is 23.7 Å². The number of unbranched alkanes of at least 4 members (excludes halogenated alkanes) is 1. The summed E-state index contributed by atoms with van der Waals surface area (Å²) in [5, 5.41) is 0. The first-order valence-electron chi connectivity index (χ1n) is 9.28. The van der Waals surface area contributed by atoms with Gasteiger partial charge in [-0.15, -0.1) is 0 Å². The Kier molecular flexibility index (Phi) is 6.58. The molecule has 0 spiro atoms. The third-order valence-corrected chi connectivity index (χ3v) is 5.98. The summed E-state index contributed by atoms with van der Waals surface area (Å²) in [6, 6.07) is 0. The van der Waals surface area contributed by atoms with Crippen LogP contribution in [0.25, 0.3) is 0 Å². The lowest BCUT2D eigenvalue weighted by molar-refractivity contribution is -0.129. The molecule has 0 saturated heterocycles. The third kappa shape index (κ3) is 4.33. The van der Waals surface area contributed by atoms with Crippen molar-refractivity contribution in [1.29, 1.82) is 0 Å². The van der Waals surface area contributed by atoms with Crippen molar-refractivity contribution in [3.8, 4) is 0 Å². The zero-order chi connectivity index (χ0) is 14.4. The van der Waals surface area contributed by atoms with Crippen LogP contribution >= 0.6 is 0 Å². The van der Waals surface area contributed by atoms with Crippen molar-refractivity contribution >= 4 is 5.78 Å². The molecule has 1 nitrogen and oxygen atoms in total. The Hall–Kier alpha value is -0.330. The first-order valence-corrected chi connectivity index (χ1v) is 9.28. The topological polar surface area (TPSA) is 17.1 Å². The van der Waals surface area contributed by atoms with Crippen molar-refractivity contribution in [3.63, 3.8) is 0 Å². The third-order valence-electron chi connectivity index (χ3n) is 5.98. The zero-order valence-corrected chi connectivity index (χ0v) is 13.7. The average molecular weight is 278 g/mol. The van der Waals surface area contributed by atoms with E-state index in [9.17, 15) is 4.79 Å². The van der Waals surface area contributed by atoms with E-state index < -0.39 is 0 Å². The molecular weight excluding hydrogens is 244 g/mol. The molecule has 2 atom stereocenters. The standard InChI is InChI=1S/C19H34O/c1-3-5-7-16-10-12-17(13-11-16)19(20)18-9-6-8-15(4-2)14-18/h15-18H,3-14H2,1-2H3. The first kappa shape index (κ1) is 16.0. The van der Waals surface area contributed by atoms with E-state index in [0.717, 1.165) is 11.8 Å². The number of rotatable bonds is 6. The molecule has 2 unspecified atom stereocenters. The molecule has 0 aliphatic heterocycles. The predicted octanol–water partition coefficient (Wildman–Crippen LogP) is 5.77. The highest BCUT2D eigenvalue weighted by Gasteiger charge is 2.33. The number of carbonyl (C=O) groups excluding carboxylic acids is 1. The van der Waals surface area contributed by atoms with Gasteiger partial charge in [0.25, 0.3) is 0 Å². The van der Waals surface area contributed by atoms with Crippen molar-refractivity contribution in [3.05, 3.63) is 0 Å². The lowest BCUT2D eigenvalue weighted by atomic mass is 9.71. The van der Waals surface area contributed by atoms with Crippen LogP contribution in [0.2, 0.25) is 0 Å². The van der Waals surface area contributed by atoms with Crippen LogP contribution in [-0.4, -0.2) is 5.78 Å². The smallest absolute Gasteiger partial charge is 0.139 e. The maximum Gasteiger partial charge on any atom is 0.139 e. The molecule has 0 aromatic rings. The summed E-state index contributed by atoms with van der Waals surface area (Å²) in [4.78, 5) is 12.7. The maximum atomic E-state index is 12.7. The Balaban J connectivity index is 1.76. The van der Waals surface area contributed by atoms with E-state index in [2.05, 4.69) is 13.8 Å². The fraction of sp³-hybridized carbons (Fsp3) is 0.947. The van der Waals surface area contributed by atoms with Gasteiger partial charge in [-0.25, -0.2) is 0 Å². The van der Waals surface area contributed by atoms with Gasteiger partial charge in [0.15, 0.2) is 0 Å². The van der Waals surface area contributed by atoms with E-state index in [0.29, 0.717) is 17.6 Å². The van der Waals surface area contributed by atoms with Crippen LogP contribution in [0.3, 0.4) is 0 Å². The molecule has 0 amide bonds. The summed E-state index contributed by atoms with van der Waals surface area (Å²) in [5.74, 6) is 3.25. The summed E-state index contributed by atoms with van der Waals surface area (Å²) in [5.41, 5.74) is 0. The molecule has 2 saturated carbocycles. The molecule has 0 bridgehead atoms. The molecule has 116 valence electrons. The SMILES string of the molecule is CCCCC1CCC(C(=O)C2CCCC(CC)C2)CC1. The van der Waals surface area contributed by atoms with Gasteiger partial charge in [0.1, 0.15) is 5.78 Å². The normalized spacial score (nSPS) is 34.9. The second kappa shape index (κ2) is 8.20. The summed E-state index contributed by atoms with van der Waals surface area (Å²) in [6.45, 7) is 4.57. The summed E-state index contributed by atoms with van der Waals surface area (Å²) >= 11 is 0. The molecule has 0 aromatic carbocycles. The minimum atomic E-state index is 0.422. The number of ketones is 1. The van der Waals surface area contributed by atoms with Gasteiger partial charge >= 0.3 is 0 Å². The molecular formula is C19H34O. The van der Waals surface area contributed by atoms with Crippen LogP contribution in [-0.2, 0) is 4.79 Å². The second-order valence-electron chi connectivity index (χ2n) is 7.40. The van der Waals surface area contributed by atoms with Crippen LogP contribution in [0.15, 0.2) is 0 Å². The Morgan fingerprint density at radius 1 is 0.900 bits per heavy atom. The van der Waals surface area contributed by atoms with E-state index in [1.165, 1.54) is 77.0 Å². The Labute approximate surface area is 125 Å². The van der Waals surface area contributed by atoms with E-state index in [4.69, 9.17) is 0 Å². The average Bonchev–Trinajstić information content (AvgIpc) is 2.52. The molecule has 0 N–H and O–H groups in total. The molecule has 2 rings (SSSR count).